The molecule has 11 atom stereocenters. The Labute approximate surface area is 206 Å². The van der Waals surface area contributed by atoms with Gasteiger partial charge in [0.2, 0.25) is 0 Å². The maximum absolute atomic E-state index is 12.9. The highest BCUT2D eigenvalue weighted by Gasteiger charge is 2.76. The van der Waals surface area contributed by atoms with E-state index >= 15 is 0 Å². The molecule has 4 saturated carbocycles. The van der Waals surface area contributed by atoms with Crippen molar-refractivity contribution in [2.45, 2.75) is 112 Å². The van der Waals surface area contributed by atoms with Crippen LogP contribution in [0.4, 0.5) is 0 Å². The largest absolute Gasteiger partial charge is 0.481 e. The third-order valence-electron chi connectivity index (χ3n) is 13.6. The molecule has 0 heterocycles. The minimum Gasteiger partial charge on any atom is -0.481 e. The molecule has 34 heavy (non-hydrogen) atoms. The molecule has 4 nitrogen and oxygen atoms in total. The maximum Gasteiger partial charge on any atom is 0.310 e. The van der Waals surface area contributed by atoms with Crippen molar-refractivity contribution in [2.75, 3.05) is 0 Å². The average Bonchev–Trinajstić information content (AvgIpc) is 2.75. The van der Waals surface area contributed by atoms with E-state index in [2.05, 4.69) is 54.5 Å². The van der Waals surface area contributed by atoms with Crippen LogP contribution in [-0.2, 0) is 4.79 Å². The van der Waals surface area contributed by atoms with Crippen LogP contribution in [0.2, 0.25) is 0 Å². The van der Waals surface area contributed by atoms with Crippen molar-refractivity contribution < 1.29 is 20.1 Å². The van der Waals surface area contributed by atoms with Gasteiger partial charge in [-0.3, -0.25) is 4.79 Å². The predicted octanol–water partition coefficient (Wildman–Crippen LogP) is 6.06. The number of carboxylic acids is 1. The number of carbonyl (C=O) groups is 1. The van der Waals surface area contributed by atoms with Crippen molar-refractivity contribution in [1.29, 1.82) is 0 Å². The molecular weight excluding hydrogens is 424 g/mol. The topological polar surface area (TPSA) is 77.8 Å². The summed E-state index contributed by atoms with van der Waals surface area (Å²) < 4.78 is 0. The number of aliphatic hydroxyl groups is 2. The molecule has 0 aromatic carbocycles. The molecule has 0 aromatic heterocycles. The van der Waals surface area contributed by atoms with Crippen LogP contribution in [0.15, 0.2) is 12.2 Å². The van der Waals surface area contributed by atoms with Crippen LogP contribution >= 0.6 is 0 Å². The number of fused-ring (bicyclic) bond motifs is 7. The quantitative estimate of drug-likeness (QED) is 0.405. The Balaban J connectivity index is 1.63. The first kappa shape index (κ1) is 24.8. The van der Waals surface area contributed by atoms with E-state index in [1.54, 1.807) is 0 Å². The van der Waals surface area contributed by atoms with Crippen LogP contribution < -0.4 is 0 Å². The number of aliphatic hydroxyl groups excluding tert-OH is 1. The molecule has 5 aliphatic rings. The highest BCUT2D eigenvalue weighted by Crippen LogP contribution is 2.77. The zero-order valence-electron chi connectivity index (χ0n) is 22.5. The molecule has 192 valence electrons. The third-order valence-corrected chi connectivity index (χ3v) is 13.6. The lowest BCUT2D eigenvalue weighted by molar-refractivity contribution is -0.310. The van der Waals surface area contributed by atoms with E-state index in [0.29, 0.717) is 37.0 Å². The molecule has 0 spiro atoms. The van der Waals surface area contributed by atoms with Crippen LogP contribution in [0, 0.1) is 56.7 Å². The molecular formula is C30H48O4. The van der Waals surface area contributed by atoms with E-state index in [1.165, 1.54) is 0 Å². The molecule has 4 fully saturated rings. The normalized spacial score (nSPS) is 58.1. The van der Waals surface area contributed by atoms with Crippen LogP contribution in [0.25, 0.3) is 0 Å². The molecule has 0 aliphatic heterocycles. The fourth-order valence-electron chi connectivity index (χ4n) is 11.2. The van der Waals surface area contributed by atoms with Crippen LogP contribution in [-0.4, -0.2) is 33.0 Å². The zero-order chi connectivity index (χ0) is 25.1. The number of rotatable bonds is 1. The van der Waals surface area contributed by atoms with Crippen molar-refractivity contribution in [3.63, 3.8) is 0 Å². The third kappa shape index (κ3) is 2.61. The SMILES string of the molecule is C[C@H]1[C@H](C)CC[C@]2(C(=O)O)CC[C@@]3(C)[C@]4(C)CC[C@H]5C(C)(C)[C@H](O)C=C[C@]5(C)[C@H]4CC[C@]3(O)[C@H]12. The molecule has 4 heteroatoms. The second-order valence-corrected chi connectivity index (χ2v) is 14.7. The smallest absolute Gasteiger partial charge is 0.310 e. The van der Waals surface area contributed by atoms with E-state index in [1.807, 2.05) is 6.08 Å². The Hall–Kier alpha value is -0.870. The van der Waals surface area contributed by atoms with Crippen LogP contribution in [0.1, 0.15) is 99.8 Å². The number of allylic oxidation sites excluding steroid dienone is 1. The summed E-state index contributed by atoms with van der Waals surface area (Å²) in [6.45, 7) is 16.1. The fraction of sp³-hybridized carbons (Fsp3) is 0.900. The van der Waals surface area contributed by atoms with Crippen molar-refractivity contribution in [1.82, 2.24) is 0 Å². The highest BCUT2D eigenvalue weighted by atomic mass is 16.4. The zero-order valence-corrected chi connectivity index (χ0v) is 22.5. The summed E-state index contributed by atoms with van der Waals surface area (Å²) in [5, 5.41) is 34.2. The van der Waals surface area contributed by atoms with Crippen molar-refractivity contribution in [3.8, 4) is 0 Å². The van der Waals surface area contributed by atoms with Crippen LogP contribution in [0.3, 0.4) is 0 Å². The minimum atomic E-state index is -0.959. The number of hydrogen-bond acceptors (Lipinski definition) is 3. The number of hydrogen-bond donors (Lipinski definition) is 3. The molecule has 0 aromatic rings. The van der Waals surface area contributed by atoms with E-state index in [-0.39, 0.29) is 33.5 Å². The first-order valence-corrected chi connectivity index (χ1v) is 13.9. The summed E-state index contributed by atoms with van der Waals surface area (Å²) in [6.07, 6.45) is 10.8. The molecule has 0 amide bonds. The van der Waals surface area contributed by atoms with Gasteiger partial charge in [-0.05, 0) is 91.3 Å². The summed E-state index contributed by atoms with van der Waals surface area (Å²) in [5.41, 5.74) is -2.33. The van der Waals surface area contributed by atoms with Gasteiger partial charge in [0.15, 0.2) is 0 Å². The van der Waals surface area contributed by atoms with Gasteiger partial charge in [0.1, 0.15) is 0 Å². The van der Waals surface area contributed by atoms with Gasteiger partial charge >= 0.3 is 5.97 Å². The summed E-state index contributed by atoms with van der Waals surface area (Å²) in [7, 11) is 0. The number of carboxylic acid groups (broad SMARTS) is 1. The lowest BCUT2D eigenvalue weighted by Gasteiger charge is -2.75. The summed E-state index contributed by atoms with van der Waals surface area (Å²) >= 11 is 0. The maximum atomic E-state index is 12.9. The Morgan fingerprint density at radius 3 is 2.18 bits per heavy atom. The van der Waals surface area contributed by atoms with Gasteiger partial charge in [-0.25, -0.2) is 0 Å². The lowest BCUT2D eigenvalue weighted by atomic mass is 9.30. The van der Waals surface area contributed by atoms with Crippen molar-refractivity contribution in [2.24, 2.45) is 56.7 Å². The van der Waals surface area contributed by atoms with Gasteiger partial charge in [0.05, 0.1) is 17.1 Å². The van der Waals surface area contributed by atoms with E-state index in [9.17, 15) is 20.1 Å². The van der Waals surface area contributed by atoms with Crippen LogP contribution in [0.5, 0.6) is 0 Å². The molecule has 5 aliphatic carbocycles. The fourth-order valence-corrected chi connectivity index (χ4v) is 11.2. The Bertz CT molecular complexity index is 909. The standard InChI is InChI=1S/C30H48O4/c1-18-8-14-29(24(32)33)17-16-28(7)27(6)13-9-20-25(3,4)22(31)11-12-26(20,5)21(27)10-15-30(28,34)23(29)19(18)2/h11-12,18-23,31,34H,8-10,13-17H2,1-7H3,(H,32,33)/t18-,19+,20+,21-,22-,23-,26+,27-,28+,29+,30+/m1/s1. The Morgan fingerprint density at radius 2 is 1.53 bits per heavy atom. The van der Waals surface area contributed by atoms with Gasteiger partial charge in [-0.15, -0.1) is 0 Å². The lowest BCUT2D eigenvalue weighted by Crippen LogP contribution is -2.75. The van der Waals surface area contributed by atoms with E-state index < -0.39 is 23.1 Å². The molecule has 5 rings (SSSR count). The average molecular weight is 473 g/mol. The predicted molar refractivity (Wildman–Crippen MR) is 134 cm³/mol. The summed E-state index contributed by atoms with van der Waals surface area (Å²) in [6, 6.07) is 0. The minimum absolute atomic E-state index is 0.0210. The van der Waals surface area contributed by atoms with E-state index in [0.717, 1.165) is 32.1 Å². The second-order valence-electron chi connectivity index (χ2n) is 14.7. The first-order chi connectivity index (χ1) is 15.6. The van der Waals surface area contributed by atoms with E-state index in [4.69, 9.17) is 0 Å². The number of aliphatic carboxylic acids is 1. The van der Waals surface area contributed by atoms with Crippen molar-refractivity contribution >= 4 is 5.97 Å². The molecule has 0 unspecified atom stereocenters. The second kappa shape index (κ2) is 7.12. The van der Waals surface area contributed by atoms with Gasteiger partial charge in [-0.2, -0.15) is 0 Å². The van der Waals surface area contributed by atoms with Gasteiger partial charge in [-0.1, -0.05) is 60.6 Å². The monoisotopic (exact) mass is 472 g/mol. The summed E-state index contributed by atoms with van der Waals surface area (Å²) in [4.78, 5) is 12.8. The molecule has 0 radical (unpaired) electrons. The summed E-state index contributed by atoms with van der Waals surface area (Å²) in [5.74, 6) is 0.587. The first-order valence-electron chi connectivity index (χ1n) is 13.9. The van der Waals surface area contributed by atoms with Gasteiger partial charge in [0, 0.05) is 11.3 Å². The molecule has 3 N–H and O–H groups in total. The highest BCUT2D eigenvalue weighted by molar-refractivity contribution is 5.76. The molecule has 0 bridgehead atoms. The van der Waals surface area contributed by atoms with Crippen molar-refractivity contribution in [3.05, 3.63) is 12.2 Å². The Kier molecular flexibility index (Phi) is 5.20. The van der Waals surface area contributed by atoms with Gasteiger partial charge in [0.25, 0.3) is 0 Å². The Morgan fingerprint density at radius 1 is 0.882 bits per heavy atom. The van der Waals surface area contributed by atoms with Gasteiger partial charge < -0.3 is 15.3 Å². The molecule has 0 saturated heterocycles.